The summed E-state index contributed by atoms with van der Waals surface area (Å²) in [5.41, 5.74) is 2.95. The van der Waals surface area contributed by atoms with Crippen LogP contribution >= 0.6 is 0 Å². The summed E-state index contributed by atoms with van der Waals surface area (Å²) < 4.78 is 69.7. The van der Waals surface area contributed by atoms with Crippen LogP contribution in [0, 0.1) is 0 Å². The topological polar surface area (TPSA) is 150 Å². The quantitative estimate of drug-likeness (QED) is 0.474. The maximum absolute atomic E-state index is 14.0. The molecule has 0 bridgehead atoms. The summed E-state index contributed by atoms with van der Waals surface area (Å²) in [5.74, 6) is -3.08. The van der Waals surface area contributed by atoms with Crippen molar-refractivity contribution in [3.8, 4) is 0 Å². The first-order valence-electron chi connectivity index (χ1n) is 10.1. The van der Waals surface area contributed by atoms with Crippen molar-refractivity contribution in [1.29, 1.82) is 0 Å². The number of primary amides is 1. The average Bonchev–Trinajstić information content (AvgIpc) is 3.17. The van der Waals surface area contributed by atoms with Gasteiger partial charge in [0.25, 0.3) is 5.91 Å². The molecule has 1 aromatic carbocycles. The molecule has 2 atom stereocenters. The first-order chi connectivity index (χ1) is 15.3. The fraction of sp³-hybridized carbons (Fsp3) is 0.526. The summed E-state index contributed by atoms with van der Waals surface area (Å²) >= 11 is 0. The molecule has 0 aromatic heterocycles. The molecule has 2 aliphatic rings. The minimum atomic E-state index is -5.18. The molecule has 0 radical (unpaired) electrons. The first-order valence-corrected chi connectivity index (χ1v) is 11.6. The van der Waals surface area contributed by atoms with Gasteiger partial charge in [-0.15, -0.1) is 0 Å². The van der Waals surface area contributed by atoms with Gasteiger partial charge >= 0.3 is 6.18 Å². The largest absolute Gasteiger partial charge is 0.419 e. The molecule has 2 saturated heterocycles. The van der Waals surface area contributed by atoms with Crippen LogP contribution in [-0.2, 0) is 30.6 Å². The fourth-order valence-electron chi connectivity index (χ4n) is 3.89. The van der Waals surface area contributed by atoms with E-state index < -0.39 is 62.2 Å². The molecule has 0 aliphatic carbocycles. The van der Waals surface area contributed by atoms with Gasteiger partial charge in [-0.3, -0.25) is 14.4 Å². The zero-order valence-electron chi connectivity index (χ0n) is 17.3. The van der Waals surface area contributed by atoms with Crippen LogP contribution in [0.3, 0.4) is 0 Å². The second-order valence-electron chi connectivity index (χ2n) is 7.83. The lowest BCUT2D eigenvalue weighted by Gasteiger charge is -2.30. The Bertz CT molecular complexity index is 1060. The summed E-state index contributed by atoms with van der Waals surface area (Å²) in [7, 11) is -5.10. The van der Waals surface area contributed by atoms with E-state index >= 15 is 0 Å². The maximum atomic E-state index is 14.0. The number of amides is 3. The Morgan fingerprint density at radius 2 is 1.91 bits per heavy atom. The van der Waals surface area contributed by atoms with Crippen LogP contribution in [0.15, 0.2) is 23.1 Å². The number of aliphatic hydroxyl groups excluding tert-OH is 1. The van der Waals surface area contributed by atoms with Gasteiger partial charge in [0, 0.05) is 26.1 Å². The summed E-state index contributed by atoms with van der Waals surface area (Å²) in [6.07, 6.45) is -4.90. The van der Waals surface area contributed by atoms with E-state index in [1.165, 1.54) is 0 Å². The summed E-state index contributed by atoms with van der Waals surface area (Å²) in [5, 5.41) is 9.58. The van der Waals surface area contributed by atoms with E-state index in [0.717, 1.165) is 21.9 Å². The molecule has 182 valence electrons. The number of aliphatic hydroxyl groups is 1. The molecule has 2 fully saturated rings. The number of benzene rings is 1. The van der Waals surface area contributed by atoms with Crippen molar-refractivity contribution in [2.24, 2.45) is 5.73 Å². The molecule has 0 unspecified atom stereocenters. The molecule has 0 spiro atoms. The van der Waals surface area contributed by atoms with E-state index in [0.29, 0.717) is 18.9 Å². The minimum Gasteiger partial charge on any atom is -0.391 e. The van der Waals surface area contributed by atoms with Crippen LogP contribution < -0.4 is 15.4 Å². The van der Waals surface area contributed by atoms with Crippen LogP contribution in [0.2, 0.25) is 0 Å². The van der Waals surface area contributed by atoms with Gasteiger partial charge in [-0.05, 0) is 31.4 Å². The second-order valence-corrected chi connectivity index (χ2v) is 9.52. The van der Waals surface area contributed by atoms with E-state index in [2.05, 4.69) is 0 Å². The van der Waals surface area contributed by atoms with Crippen molar-refractivity contribution in [3.05, 3.63) is 23.8 Å². The standard InChI is InChI=1S/C19H23F3N4O6S/c20-19(21,22)15-12(26-8-2-1-6-14(26)28)4-3-5-13(15)33(31,32)24-16(17(23)29)18(30)25-9-7-11(27)10-25/h3-5,11,16,24,27H,1-2,6-10H2,(H2,23,29)/t11-,16+/m1/s1. The van der Waals surface area contributed by atoms with Crippen molar-refractivity contribution in [1.82, 2.24) is 9.62 Å². The fourth-order valence-corrected chi connectivity index (χ4v) is 5.29. The molecular formula is C19H23F3N4O6S. The van der Waals surface area contributed by atoms with Crippen LogP contribution in [0.4, 0.5) is 18.9 Å². The van der Waals surface area contributed by atoms with Gasteiger partial charge in [-0.25, -0.2) is 8.42 Å². The number of nitrogens with two attached hydrogens (primary N) is 1. The molecule has 0 saturated carbocycles. The number of halogens is 3. The number of piperidine rings is 1. The summed E-state index contributed by atoms with van der Waals surface area (Å²) in [6.45, 7) is -0.172. The van der Waals surface area contributed by atoms with Crippen LogP contribution in [-0.4, -0.2) is 67.9 Å². The molecule has 2 heterocycles. The smallest absolute Gasteiger partial charge is 0.391 e. The number of sulfonamides is 1. The number of rotatable bonds is 6. The van der Waals surface area contributed by atoms with Crippen molar-refractivity contribution < 1.29 is 41.1 Å². The number of alkyl halides is 3. The average molecular weight is 492 g/mol. The van der Waals surface area contributed by atoms with Gasteiger partial charge in [0.1, 0.15) is 0 Å². The molecular weight excluding hydrogens is 469 g/mol. The molecule has 4 N–H and O–H groups in total. The zero-order chi connectivity index (χ0) is 24.6. The Kier molecular flexibility index (Phi) is 7.00. The number of anilines is 1. The normalized spacial score (nSPS) is 20.7. The maximum Gasteiger partial charge on any atom is 0.419 e. The molecule has 3 amide bonds. The number of hydrogen-bond donors (Lipinski definition) is 3. The Morgan fingerprint density at radius 1 is 1.21 bits per heavy atom. The SMILES string of the molecule is NC(=O)[C@H](NS(=O)(=O)c1cccc(N2CCCCC2=O)c1C(F)(F)F)C(=O)N1CC[C@@H](O)C1. The third kappa shape index (κ3) is 5.28. The number of carbonyl (C=O) groups is 3. The van der Waals surface area contributed by atoms with E-state index in [9.17, 15) is 41.1 Å². The van der Waals surface area contributed by atoms with E-state index in [1.807, 2.05) is 0 Å². The lowest BCUT2D eigenvalue weighted by Crippen LogP contribution is -2.54. The minimum absolute atomic E-state index is 0.0154. The molecule has 2 aliphatic heterocycles. The van der Waals surface area contributed by atoms with E-state index in [4.69, 9.17) is 5.73 Å². The monoisotopic (exact) mass is 492 g/mol. The van der Waals surface area contributed by atoms with Crippen molar-refractivity contribution in [3.63, 3.8) is 0 Å². The number of β-amino-alcohol motifs (C(OH)–C–C–N with tert-alkyl or cyclic N) is 1. The van der Waals surface area contributed by atoms with Crippen LogP contribution in [0.5, 0.6) is 0 Å². The van der Waals surface area contributed by atoms with Gasteiger partial charge in [0.2, 0.25) is 21.8 Å². The Hall–Kier alpha value is -2.71. The molecule has 1 aromatic rings. The predicted octanol–water partition coefficient (Wildman–Crippen LogP) is -0.0523. The summed E-state index contributed by atoms with van der Waals surface area (Å²) in [4.78, 5) is 37.3. The van der Waals surface area contributed by atoms with Crippen molar-refractivity contribution in [2.45, 2.75) is 48.9 Å². The number of nitrogens with one attached hydrogen (secondary N) is 1. The number of nitrogens with zero attached hydrogens (tertiary/aromatic N) is 2. The van der Waals surface area contributed by atoms with Gasteiger partial charge in [-0.2, -0.15) is 17.9 Å². The third-order valence-electron chi connectivity index (χ3n) is 5.47. The number of likely N-dealkylation sites (tertiary alicyclic amines) is 1. The number of carbonyl (C=O) groups excluding carboxylic acids is 3. The lowest BCUT2D eigenvalue weighted by molar-refractivity contribution is -0.139. The first kappa shape index (κ1) is 24.9. The highest BCUT2D eigenvalue weighted by Crippen LogP contribution is 2.41. The van der Waals surface area contributed by atoms with E-state index in [1.54, 1.807) is 4.72 Å². The van der Waals surface area contributed by atoms with E-state index in [-0.39, 0.29) is 32.5 Å². The van der Waals surface area contributed by atoms with Gasteiger partial charge in [0.15, 0.2) is 6.04 Å². The van der Waals surface area contributed by atoms with Crippen LogP contribution in [0.1, 0.15) is 31.2 Å². The van der Waals surface area contributed by atoms with Crippen molar-refractivity contribution in [2.75, 3.05) is 24.5 Å². The molecule has 10 nitrogen and oxygen atoms in total. The molecule has 33 heavy (non-hydrogen) atoms. The highest BCUT2D eigenvalue weighted by molar-refractivity contribution is 7.89. The van der Waals surface area contributed by atoms with Gasteiger partial charge < -0.3 is 20.6 Å². The predicted molar refractivity (Wildman–Crippen MR) is 108 cm³/mol. The molecule has 14 heteroatoms. The Balaban J connectivity index is 2.03. The highest BCUT2D eigenvalue weighted by Gasteiger charge is 2.44. The molecule has 3 rings (SSSR count). The van der Waals surface area contributed by atoms with Crippen LogP contribution in [0.25, 0.3) is 0 Å². The van der Waals surface area contributed by atoms with Gasteiger partial charge in [-0.1, -0.05) is 6.07 Å². The zero-order valence-corrected chi connectivity index (χ0v) is 18.2. The number of hydrogen-bond acceptors (Lipinski definition) is 6. The van der Waals surface area contributed by atoms with Gasteiger partial charge in [0.05, 0.1) is 22.3 Å². The Morgan fingerprint density at radius 3 is 2.45 bits per heavy atom. The lowest BCUT2D eigenvalue weighted by atomic mass is 10.1. The third-order valence-corrected chi connectivity index (χ3v) is 6.94. The second kappa shape index (κ2) is 9.27. The highest BCUT2D eigenvalue weighted by atomic mass is 32.2. The summed E-state index contributed by atoms with van der Waals surface area (Å²) in [6, 6.07) is 0.527. The Labute approximate surface area is 187 Å². The van der Waals surface area contributed by atoms with Crippen molar-refractivity contribution >= 4 is 33.4 Å².